The number of fused-ring (bicyclic) bond motifs is 1. The summed E-state index contributed by atoms with van der Waals surface area (Å²) in [7, 11) is 0. The third kappa shape index (κ3) is 3.15. The average Bonchev–Trinajstić information content (AvgIpc) is 2.55. The maximum absolute atomic E-state index is 8.73. The average molecular weight is 280 g/mol. The van der Waals surface area contributed by atoms with Gasteiger partial charge in [0.15, 0.2) is 0 Å². The first-order chi connectivity index (χ1) is 10.4. The molecule has 3 heteroatoms. The highest BCUT2D eigenvalue weighted by Crippen LogP contribution is 2.30. The van der Waals surface area contributed by atoms with Gasteiger partial charge in [-0.15, -0.1) is 0 Å². The second-order valence-electron chi connectivity index (χ2n) is 4.62. The number of aliphatic hydroxyl groups is 1. The van der Waals surface area contributed by atoms with Crippen LogP contribution in [0.3, 0.4) is 0 Å². The van der Waals surface area contributed by atoms with E-state index in [0.29, 0.717) is 12.4 Å². The van der Waals surface area contributed by atoms with Crippen molar-refractivity contribution >= 4 is 10.8 Å². The molecule has 21 heavy (non-hydrogen) atoms. The maximum atomic E-state index is 8.73. The van der Waals surface area contributed by atoms with E-state index in [1.807, 2.05) is 54.6 Å². The molecule has 1 N–H and O–H groups in total. The molecule has 0 radical (unpaired) electrons. The molecule has 0 saturated heterocycles. The number of aliphatic hydroxyl groups excluding tert-OH is 1. The van der Waals surface area contributed by atoms with Gasteiger partial charge in [0.2, 0.25) is 0 Å². The SMILES string of the molecule is OCCOc1ccc(Oc2cccc3ccccc23)cc1. The molecule has 0 unspecified atom stereocenters. The van der Waals surface area contributed by atoms with E-state index in [0.717, 1.165) is 22.3 Å². The molecule has 0 aromatic heterocycles. The van der Waals surface area contributed by atoms with Gasteiger partial charge in [-0.05, 0) is 35.7 Å². The summed E-state index contributed by atoms with van der Waals surface area (Å²) in [5.41, 5.74) is 0. The number of benzene rings is 3. The molecule has 106 valence electrons. The van der Waals surface area contributed by atoms with Crippen LogP contribution in [0.5, 0.6) is 17.2 Å². The van der Waals surface area contributed by atoms with Crippen LogP contribution in [0.15, 0.2) is 66.7 Å². The Bertz CT molecular complexity index is 715. The minimum atomic E-state index is 0.00819. The second-order valence-corrected chi connectivity index (χ2v) is 4.62. The summed E-state index contributed by atoms with van der Waals surface area (Å²) in [6.07, 6.45) is 0. The fourth-order valence-electron chi connectivity index (χ4n) is 2.18. The Labute approximate surface area is 123 Å². The molecule has 0 aliphatic carbocycles. The first kappa shape index (κ1) is 13.5. The van der Waals surface area contributed by atoms with E-state index < -0.39 is 0 Å². The van der Waals surface area contributed by atoms with Crippen molar-refractivity contribution in [2.75, 3.05) is 13.2 Å². The van der Waals surface area contributed by atoms with Crippen molar-refractivity contribution in [1.29, 1.82) is 0 Å². The molecule has 0 fully saturated rings. The van der Waals surface area contributed by atoms with Crippen molar-refractivity contribution in [3.8, 4) is 17.2 Å². The molecule has 0 atom stereocenters. The molecule has 3 rings (SSSR count). The van der Waals surface area contributed by atoms with Crippen LogP contribution >= 0.6 is 0 Å². The lowest BCUT2D eigenvalue weighted by Crippen LogP contribution is -2.01. The van der Waals surface area contributed by atoms with Crippen LogP contribution in [0, 0.1) is 0 Å². The molecule has 0 aliphatic heterocycles. The summed E-state index contributed by atoms with van der Waals surface area (Å²) >= 11 is 0. The van der Waals surface area contributed by atoms with E-state index >= 15 is 0 Å². The minimum absolute atomic E-state index is 0.00819. The largest absolute Gasteiger partial charge is 0.491 e. The van der Waals surface area contributed by atoms with Gasteiger partial charge >= 0.3 is 0 Å². The first-order valence-electron chi connectivity index (χ1n) is 6.86. The summed E-state index contributed by atoms with van der Waals surface area (Å²) in [4.78, 5) is 0. The predicted octanol–water partition coefficient (Wildman–Crippen LogP) is 4.00. The third-order valence-electron chi connectivity index (χ3n) is 3.16. The van der Waals surface area contributed by atoms with E-state index in [1.165, 1.54) is 0 Å². The Balaban J connectivity index is 1.82. The van der Waals surface area contributed by atoms with Crippen molar-refractivity contribution in [2.45, 2.75) is 0 Å². The van der Waals surface area contributed by atoms with Gasteiger partial charge in [-0.25, -0.2) is 0 Å². The number of ether oxygens (including phenoxy) is 2. The second kappa shape index (κ2) is 6.29. The molecule has 3 aromatic carbocycles. The van der Waals surface area contributed by atoms with Crippen LogP contribution < -0.4 is 9.47 Å². The lowest BCUT2D eigenvalue weighted by atomic mass is 10.1. The molecular formula is C18H16O3. The van der Waals surface area contributed by atoms with Crippen LogP contribution in [0.4, 0.5) is 0 Å². The summed E-state index contributed by atoms with van der Waals surface area (Å²) in [5, 5.41) is 11.0. The maximum Gasteiger partial charge on any atom is 0.135 e. The molecule has 3 aromatic rings. The molecular weight excluding hydrogens is 264 g/mol. The van der Waals surface area contributed by atoms with E-state index in [4.69, 9.17) is 14.6 Å². The number of hydrogen-bond acceptors (Lipinski definition) is 3. The zero-order valence-electron chi connectivity index (χ0n) is 11.5. The predicted molar refractivity (Wildman–Crippen MR) is 83.0 cm³/mol. The minimum Gasteiger partial charge on any atom is -0.491 e. The van der Waals surface area contributed by atoms with Gasteiger partial charge in [-0.1, -0.05) is 36.4 Å². The number of hydrogen-bond donors (Lipinski definition) is 1. The van der Waals surface area contributed by atoms with Gasteiger partial charge in [0, 0.05) is 5.39 Å². The van der Waals surface area contributed by atoms with Gasteiger partial charge in [0.1, 0.15) is 23.9 Å². The quantitative estimate of drug-likeness (QED) is 0.767. The zero-order chi connectivity index (χ0) is 14.5. The van der Waals surface area contributed by atoms with Crippen molar-refractivity contribution < 1.29 is 14.6 Å². The molecule has 3 nitrogen and oxygen atoms in total. The van der Waals surface area contributed by atoms with Gasteiger partial charge in [-0.2, -0.15) is 0 Å². The van der Waals surface area contributed by atoms with Crippen LogP contribution in [-0.4, -0.2) is 18.3 Å². The van der Waals surface area contributed by atoms with Crippen molar-refractivity contribution in [2.24, 2.45) is 0 Å². The van der Waals surface area contributed by atoms with Crippen LogP contribution in [0.25, 0.3) is 10.8 Å². The van der Waals surface area contributed by atoms with Crippen LogP contribution in [0.2, 0.25) is 0 Å². The molecule has 0 heterocycles. The highest BCUT2D eigenvalue weighted by atomic mass is 16.5. The Kier molecular flexibility index (Phi) is 4.03. The Morgan fingerprint density at radius 3 is 2.29 bits per heavy atom. The normalized spacial score (nSPS) is 10.5. The Hall–Kier alpha value is -2.52. The smallest absolute Gasteiger partial charge is 0.135 e. The fraction of sp³-hybridized carbons (Fsp3) is 0.111. The van der Waals surface area contributed by atoms with Gasteiger partial charge in [0.05, 0.1) is 6.61 Å². The molecule has 0 aliphatic rings. The van der Waals surface area contributed by atoms with Gasteiger partial charge in [-0.3, -0.25) is 0 Å². The van der Waals surface area contributed by atoms with E-state index in [1.54, 1.807) is 0 Å². The standard InChI is InChI=1S/C18H16O3/c19-12-13-20-15-8-10-16(11-9-15)21-18-7-3-5-14-4-1-2-6-17(14)18/h1-11,19H,12-13H2. The monoisotopic (exact) mass is 280 g/mol. The van der Waals surface area contributed by atoms with E-state index in [-0.39, 0.29) is 6.61 Å². The highest BCUT2D eigenvalue weighted by molar-refractivity contribution is 5.88. The lowest BCUT2D eigenvalue weighted by molar-refractivity contribution is 0.201. The van der Waals surface area contributed by atoms with Gasteiger partial charge in [0.25, 0.3) is 0 Å². The van der Waals surface area contributed by atoms with E-state index in [9.17, 15) is 0 Å². The summed E-state index contributed by atoms with van der Waals surface area (Å²) in [6, 6.07) is 21.5. The third-order valence-corrected chi connectivity index (χ3v) is 3.16. The lowest BCUT2D eigenvalue weighted by Gasteiger charge is -2.10. The Morgan fingerprint density at radius 2 is 1.48 bits per heavy atom. The van der Waals surface area contributed by atoms with Crippen LogP contribution in [0.1, 0.15) is 0 Å². The number of rotatable bonds is 5. The fourth-order valence-corrected chi connectivity index (χ4v) is 2.18. The summed E-state index contributed by atoms with van der Waals surface area (Å²) in [5.74, 6) is 2.30. The molecule has 0 saturated carbocycles. The highest BCUT2D eigenvalue weighted by Gasteiger charge is 2.03. The zero-order valence-corrected chi connectivity index (χ0v) is 11.5. The van der Waals surface area contributed by atoms with Crippen molar-refractivity contribution in [3.05, 3.63) is 66.7 Å². The molecule has 0 amide bonds. The van der Waals surface area contributed by atoms with Crippen molar-refractivity contribution in [1.82, 2.24) is 0 Å². The Morgan fingerprint density at radius 1 is 0.762 bits per heavy atom. The van der Waals surface area contributed by atoms with Crippen molar-refractivity contribution in [3.63, 3.8) is 0 Å². The van der Waals surface area contributed by atoms with Gasteiger partial charge < -0.3 is 14.6 Å². The summed E-state index contributed by atoms with van der Waals surface area (Å²) < 4.78 is 11.3. The molecule has 0 spiro atoms. The topological polar surface area (TPSA) is 38.7 Å². The van der Waals surface area contributed by atoms with Crippen LogP contribution in [-0.2, 0) is 0 Å². The first-order valence-corrected chi connectivity index (χ1v) is 6.86. The summed E-state index contributed by atoms with van der Waals surface area (Å²) in [6.45, 7) is 0.303. The molecule has 0 bridgehead atoms. The van der Waals surface area contributed by atoms with E-state index in [2.05, 4.69) is 12.1 Å².